The molecule has 2 saturated heterocycles. The molecule has 4 aliphatic heterocycles. The van der Waals surface area contributed by atoms with Crippen LogP contribution in [0.3, 0.4) is 0 Å². The molecule has 0 amide bonds. The molecule has 6 rings (SSSR count). The molecule has 2 aromatic heterocycles. The van der Waals surface area contributed by atoms with Gasteiger partial charge in [0.25, 0.3) is 0 Å². The van der Waals surface area contributed by atoms with E-state index in [1.54, 1.807) is 30.6 Å². The van der Waals surface area contributed by atoms with Crippen LogP contribution in [-0.4, -0.2) is 158 Å². The van der Waals surface area contributed by atoms with Gasteiger partial charge in [-0.1, -0.05) is 20.8 Å². The molecule has 0 aromatic carbocycles. The number of aromatic nitrogens is 4. The first-order valence-electron chi connectivity index (χ1n) is 20.1. The minimum atomic E-state index is -5.60. The number of nitrogens with zero attached hydrogens (tertiary/aromatic N) is 6. The summed E-state index contributed by atoms with van der Waals surface area (Å²) in [4.78, 5) is 17.5. The summed E-state index contributed by atoms with van der Waals surface area (Å²) in [5.41, 5.74) is -4.11. The molecule has 2 aromatic rings. The molecule has 2 fully saturated rings. The predicted molar refractivity (Wildman–Crippen MR) is 232 cm³/mol. The quantitative estimate of drug-likeness (QED) is 0.0798. The highest BCUT2D eigenvalue weighted by Crippen LogP contribution is 2.44. The van der Waals surface area contributed by atoms with Crippen LogP contribution < -0.4 is 5.32 Å². The topological polar surface area (TPSA) is 268 Å². The summed E-state index contributed by atoms with van der Waals surface area (Å²) >= 11 is 0. The highest BCUT2D eigenvalue weighted by Gasteiger charge is 2.48. The highest BCUT2D eigenvalue weighted by molar-refractivity contribution is 7.87. The van der Waals surface area contributed by atoms with Gasteiger partial charge in [-0.2, -0.15) is 21.6 Å². The molecule has 4 aliphatic rings. The van der Waals surface area contributed by atoms with E-state index in [0.29, 0.717) is 24.4 Å². The number of hydrogen-bond donors (Lipinski definition) is 5. The van der Waals surface area contributed by atoms with Gasteiger partial charge >= 0.3 is 15.6 Å². The van der Waals surface area contributed by atoms with E-state index < -0.39 is 81.3 Å². The minimum Gasteiger partial charge on any atom is -0.408 e. The SMILES string of the molecule is CC(C)(C)[Si](C)(C)O[C@@H]1CCC=Nc2c1ncn2[C@H]1C[C@H](O)[C@@H](CO)O1.CP(C)(=O)COC[C@H]1O[C@@H](n2cnc3c2NC=NC[C@H]3O)C[C@@H]1O.CP(C)(=O)COS(=O)(=O)C(F)(F)F. The van der Waals surface area contributed by atoms with Crippen molar-refractivity contribution in [2.24, 2.45) is 9.98 Å². The van der Waals surface area contributed by atoms with Gasteiger partial charge in [-0.15, -0.1) is 0 Å². The van der Waals surface area contributed by atoms with Crippen molar-refractivity contribution in [3.8, 4) is 0 Å². The summed E-state index contributed by atoms with van der Waals surface area (Å²) in [5, 5.41) is 42.7. The first kappa shape index (κ1) is 53.2. The van der Waals surface area contributed by atoms with Gasteiger partial charge in [-0.05, 0) is 57.6 Å². The second-order valence-corrected chi connectivity index (χ2v) is 31.2. The van der Waals surface area contributed by atoms with Crippen LogP contribution in [0.25, 0.3) is 0 Å². The van der Waals surface area contributed by atoms with Gasteiger partial charge in [-0.25, -0.2) is 15.0 Å². The summed E-state index contributed by atoms with van der Waals surface area (Å²) in [5.74, 6) is 1.34. The number of alkyl halides is 3. The monoisotopic (exact) mass is 979 g/mol. The third-order valence-corrected chi connectivity index (χ3v) is 17.7. The van der Waals surface area contributed by atoms with Gasteiger partial charge in [0.2, 0.25) is 0 Å². The van der Waals surface area contributed by atoms with Crippen molar-refractivity contribution in [1.82, 2.24) is 19.1 Å². The average Bonchev–Trinajstić information content (AvgIpc) is 3.89. The number of anilines is 1. The minimum absolute atomic E-state index is 0.0883. The van der Waals surface area contributed by atoms with E-state index >= 15 is 0 Å². The molecular formula is C36H62F3N7O13P2SSi. The summed E-state index contributed by atoms with van der Waals surface area (Å²) in [6.07, 6.45) is 4.32. The molecule has 27 heteroatoms. The van der Waals surface area contributed by atoms with Crippen LogP contribution in [0, 0.1) is 0 Å². The standard InChI is InChI=1S/C18H31N3O4Si.C14H23N4O5P.C4H8F3O4PS/c1-18(2,3)26(4,5)25-13-7-6-8-19-17-16(13)20-11-21(17)15-9-12(23)14(10-22)24-15;1-24(2,21)8-22-5-11-9(19)3-12(23-11)18-7-17-13-10(20)4-15-6-16-14(13)18;1-12(2,8)3-11-13(9,10)4(5,6)7/h8,11-15,22-23H,6-7,9-10H2,1-5H3;6-7,9-12,19-20H,3-5,8H2,1-2H3,(H,15,16);3H2,1-2H3/t12-,13+,14+,15+;9-,10+,11+,12+;/m00./s1. The number of rotatable bonds is 12. The number of aliphatic hydroxyl groups excluding tert-OH is 4. The fourth-order valence-electron chi connectivity index (χ4n) is 6.17. The molecule has 360 valence electrons. The molecule has 0 saturated carbocycles. The zero-order valence-corrected chi connectivity index (χ0v) is 40.5. The van der Waals surface area contributed by atoms with Crippen LogP contribution in [0.2, 0.25) is 18.1 Å². The van der Waals surface area contributed by atoms with E-state index in [1.807, 2.05) is 10.8 Å². The van der Waals surface area contributed by atoms with Gasteiger partial charge < -0.3 is 53.5 Å². The van der Waals surface area contributed by atoms with Crippen LogP contribution in [0.1, 0.15) is 82.5 Å². The lowest BCUT2D eigenvalue weighted by Gasteiger charge is -2.38. The van der Waals surface area contributed by atoms with Crippen LogP contribution in [0.4, 0.5) is 24.8 Å². The number of fused-ring (bicyclic) bond motifs is 2. The molecule has 5 N–H and O–H groups in total. The van der Waals surface area contributed by atoms with E-state index in [-0.39, 0.29) is 43.5 Å². The summed E-state index contributed by atoms with van der Waals surface area (Å²) < 4.78 is 109. The number of nitrogens with one attached hydrogen (secondary N) is 1. The van der Waals surface area contributed by atoms with E-state index in [2.05, 4.69) is 63.3 Å². The largest absolute Gasteiger partial charge is 0.523 e. The van der Waals surface area contributed by atoms with E-state index in [9.17, 15) is 51.1 Å². The first-order valence-corrected chi connectivity index (χ1v) is 30.0. The lowest BCUT2D eigenvalue weighted by molar-refractivity contribution is -0.0555. The fraction of sp³-hybridized carbons (Fsp3) is 0.778. The van der Waals surface area contributed by atoms with E-state index in [0.717, 1.165) is 37.7 Å². The second-order valence-electron chi connectivity index (χ2n) is 18.0. The van der Waals surface area contributed by atoms with Crippen molar-refractivity contribution in [3.05, 3.63) is 24.0 Å². The molecule has 6 heterocycles. The lowest BCUT2D eigenvalue weighted by atomic mass is 10.1. The van der Waals surface area contributed by atoms with Crippen molar-refractivity contribution in [2.45, 2.75) is 119 Å². The van der Waals surface area contributed by atoms with Crippen molar-refractivity contribution >= 4 is 56.9 Å². The molecular weight excluding hydrogens is 918 g/mol. The molecule has 8 atom stereocenters. The smallest absolute Gasteiger partial charge is 0.408 e. The Labute approximate surface area is 366 Å². The Bertz CT molecular complexity index is 2110. The molecule has 0 spiro atoms. The van der Waals surface area contributed by atoms with Crippen LogP contribution in [-0.2, 0) is 42.1 Å². The Morgan fingerprint density at radius 1 is 0.921 bits per heavy atom. The van der Waals surface area contributed by atoms with E-state index in [4.69, 9.17) is 18.6 Å². The number of halogens is 3. The fourth-order valence-corrected chi connectivity index (χ4v) is 9.71. The highest BCUT2D eigenvalue weighted by atomic mass is 32.2. The Hall–Kier alpha value is -2.38. The normalized spacial score (nSPS) is 26.7. The number of imidazole rings is 2. The van der Waals surface area contributed by atoms with Crippen LogP contribution in [0.5, 0.6) is 0 Å². The zero-order valence-electron chi connectivity index (χ0n) is 36.9. The number of hydrogen-bond acceptors (Lipinski definition) is 18. The number of aliphatic hydroxyl groups is 4. The molecule has 20 nitrogen and oxygen atoms in total. The van der Waals surface area contributed by atoms with Crippen molar-refractivity contribution in [3.63, 3.8) is 0 Å². The molecule has 0 radical (unpaired) electrons. The number of ether oxygens (including phenoxy) is 3. The Morgan fingerprint density at radius 2 is 1.49 bits per heavy atom. The molecule has 0 unspecified atom stereocenters. The van der Waals surface area contributed by atoms with Gasteiger partial charge in [0, 0.05) is 19.1 Å². The summed E-state index contributed by atoms with van der Waals surface area (Å²) in [6.45, 7) is 17.0. The summed E-state index contributed by atoms with van der Waals surface area (Å²) in [7, 11) is -12.7. The molecule has 0 aliphatic carbocycles. The van der Waals surface area contributed by atoms with Crippen molar-refractivity contribution in [2.75, 3.05) is 64.4 Å². The lowest BCUT2D eigenvalue weighted by Crippen LogP contribution is -2.41. The third kappa shape index (κ3) is 14.6. The first-order chi connectivity index (χ1) is 28.9. The molecule has 0 bridgehead atoms. The maximum atomic E-state index is 11.7. The Morgan fingerprint density at radius 3 is 2.06 bits per heavy atom. The predicted octanol–water partition coefficient (Wildman–Crippen LogP) is 5.13. The average molecular weight is 980 g/mol. The van der Waals surface area contributed by atoms with Crippen LogP contribution >= 0.6 is 14.3 Å². The van der Waals surface area contributed by atoms with Gasteiger partial charge in [0.1, 0.15) is 68.6 Å². The number of aliphatic imine (C=N–C) groups is 2. The third-order valence-electron chi connectivity index (χ3n) is 10.5. The van der Waals surface area contributed by atoms with E-state index in [1.165, 1.54) is 6.34 Å². The van der Waals surface area contributed by atoms with Crippen molar-refractivity contribution in [1.29, 1.82) is 0 Å². The van der Waals surface area contributed by atoms with Gasteiger partial charge in [0.05, 0.1) is 63.4 Å². The second kappa shape index (κ2) is 21.1. The van der Waals surface area contributed by atoms with Gasteiger partial charge in [-0.3, -0.25) is 18.3 Å². The van der Waals surface area contributed by atoms with Gasteiger partial charge in [0.15, 0.2) is 14.1 Å². The summed E-state index contributed by atoms with van der Waals surface area (Å²) in [6, 6.07) is 0. The maximum absolute atomic E-state index is 11.7. The van der Waals surface area contributed by atoms with Crippen LogP contribution in [0.15, 0.2) is 22.6 Å². The molecule has 63 heavy (non-hydrogen) atoms. The Kier molecular flexibility index (Phi) is 17.8. The zero-order chi connectivity index (χ0) is 47.3. The Balaban J connectivity index is 0.000000220. The van der Waals surface area contributed by atoms with Crippen molar-refractivity contribution < 1.29 is 74.0 Å². The maximum Gasteiger partial charge on any atom is 0.523 e.